The quantitative estimate of drug-likeness (QED) is 0.759. The van der Waals surface area contributed by atoms with Gasteiger partial charge in [-0.15, -0.1) is 0 Å². The minimum absolute atomic E-state index is 0.448. The zero-order valence-corrected chi connectivity index (χ0v) is 14.5. The molecule has 0 spiro atoms. The normalized spacial score (nSPS) is 12.7. The van der Waals surface area contributed by atoms with Crippen LogP contribution in [-0.4, -0.2) is 49.7 Å². The SMILES string of the molecule is CCN(CC)CCC(Cc1ncc(C)c(OC)c1C)NC. The Labute approximate surface area is 129 Å². The van der Waals surface area contributed by atoms with Gasteiger partial charge in [0.1, 0.15) is 5.75 Å². The largest absolute Gasteiger partial charge is 0.496 e. The number of pyridine rings is 1. The van der Waals surface area contributed by atoms with E-state index in [1.54, 1.807) is 7.11 Å². The molecule has 1 unspecified atom stereocenters. The number of nitrogens with zero attached hydrogens (tertiary/aromatic N) is 2. The molecule has 120 valence electrons. The van der Waals surface area contributed by atoms with Gasteiger partial charge >= 0.3 is 0 Å². The summed E-state index contributed by atoms with van der Waals surface area (Å²) >= 11 is 0. The highest BCUT2D eigenvalue weighted by atomic mass is 16.5. The highest BCUT2D eigenvalue weighted by molar-refractivity contribution is 5.41. The van der Waals surface area contributed by atoms with Gasteiger partial charge in [-0.05, 0) is 47.0 Å². The Morgan fingerprint density at radius 1 is 1.29 bits per heavy atom. The molecule has 1 N–H and O–H groups in total. The van der Waals surface area contributed by atoms with E-state index in [1.807, 2.05) is 20.2 Å². The van der Waals surface area contributed by atoms with E-state index in [1.165, 1.54) is 5.56 Å². The zero-order chi connectivity index (χ0) is 15.8. The lowest BCUT2D eigenvalue weighted by atomic mass is 10.0. The van der Waals surface area contributed by atoms with Crippen molar-refractivity contribution in [1.82, 2.24) is 15.2 Å². The van der Waals surface area contributed by atoms with Gasteiger partial charge in [-0.1, -0.05) is 13.8 Å². The van der Waals surface area contributed by atoms with Crippen molar-refractivity contribution in [2.75, 3.05) is 33.8 Å². The van der Waals surface area contributed by atoms with Gasteiger partial charge in [-0.2, -0.15) is 0 Å². The van der Waals surface area contributed by atoms with E-state index in [0.717, 1.165) is 49.5 Å². The van der Waals surface area contributed by atoms with Crippen LogP contribution >= 0.6 is 0 Å². The van der Waals surface area contributed by atoms with E-state index >= 15 is 0 Å². The van der Waals surface area contributed by atoms with Crippen molar-refractivity contribution in [2.24, 2.45) is 0 Å². The molecule has 1 heterocycles. The number of nitrogens with one attached hydrogen (secondary N) is 1. The number of hydrogen-bond acceptors (Lipinski definition) is 4. The predicted molar refractivity (Wildman–Crippen MR) is 89.2 cm³/mol. The zero-order valence-electron chi connectivity index (χ0n) is 14.5. The summed E-state index contributed by atoms with van der Waals surface area (Å²) in [7, 11) is 3.77. The molecule has 0 saturated heterocycles. The fourth-order valence-electron chi connectivity index (χ4n) is 2.74. The lowest BCUT2D eigenvalue weighted by Crippen LogP contribution is -2.34. The molecule has 1 rings (SSSR count). The van der Waals surface area contributed by atoms with Gasteiger partial charge in [0, 0.05) is 35.5 Å². The Hall–Kier alpha value is -1.13. The van der Waals surface area contributed by atoms with Crippen LogP contribution in [0, 0.1) is 13.8 Å². The molecule has 0 saturated carbocycles. The van der Waals surface area contributed by atoms with Crippen molar-refractivity contribution in [3.63, 3.8) is 0 Å². The number of methoxy groups -OCH3 is 1. The first kappa shape index (κ1) is 17.9. The van der Waals surface area contributed by atoms with Gasteiger partial charge in [0.2, 0.25) is 0 Å². The molecule has 1 aromatic heterocycles. The first-order valence-electron chi connectivity index (χ1n) is 7.95. The molecule has 1 aromatic rings. The molecule has 1 atom stereocenters. The second-order valence-electron chi connectivity index (χ2n) is 5.55. The molecule has 0 aliphatic carbocycles. The predicted octanol–water partition coefficient (Wildman–Crippen LogP) is 2.57. The number of aryl methyl sites for hydroxylation is 1. The first-order chi connectivity index (χ1) is 10.1. The molecule has 0 aliphatic rings. The molecule has 0 aromatic carbocycles. The third-order valence-corrected chi connectivity index (χ3v) is 4.29. The van der Waals surface area contributed by atoms with Crippen LogP contribution in [0.15, 0.2) is 6.20 Å². The third-order valence-electron chi connectivity index (χ3n) is 4.29. The smallest absolute Gasteiger partial charge is 0.128 e. The summed E-state index contributed by atoms with van der Waals surface area (Å²) in [6, 6.07) is 0.448. The second kappa shape index (κ2) is 9.00. The monoisotopic (exact) mass is 293 g/mol. The van der Waals surface area contributed by atoms with E-state index in [4.69, 9.17) is 4.74 Å². The van der Waals surface area contributed by atoms with E-state index in [-0.39, 0.29) is 0 Å². The summed E-state index contributed by atoms with van der Waals surface area (Å²) in [6.07, 6.45) is 3.99. The second-order valence-corrected chi connectivity index (χ2v) is 5.55. The fraction of sp³-hybridized carbons (Fsp3) is 0.706. The highest BCUT2D eigenvalue weighted by Crippen LogP contribution is 2.24. The summed E-state index contributed by atoms with van der Waals surface area (Å²) in [6.45, 7) is 11.9. The van der Waals surface area contributed by atoms with Crippen molar-refractivity contribution in [3.8, 4) is 5.75 Å². The summed E-state index contributed by atoms with van der Waals surface area (Å²) in [5, 5.41) is 3.43. The lowest BCUT2D eigenvalue weighted by Gasteiger charge is -2.23. The van der Waals surface area contributed by atoms with Crippen molar-refractivity contribution in [2.45, 2.75) is 46.6 Å². The Morgan fingerprint density at radius 3 is 2.48 bits per heavy atom. The van der Waals surface area contributed by atoms with Gasteiger partial charge in [0.05, 0.1) is 7.11 Å². The van der Waals surface area contributed by atoms with Gasteiger partial charge in [0.25, 0.3) is 0 Å². The maximum atomic E-state index is 5.50. The van der Waals surface area contributed by atoms with Crippen LogP contribution < -0.4 is 10.1 Å². The summed E-state index contributed by atoms with van der Waals surface area (Å²) in [4.78, 5) is 7.07. The average Bonchev–Trinajstić information content (AvgIpc) is 2.49. The van der Waals surface area contributed by atoms with E-state index in [0.29, 0.717) is 6.04 Å². The van der Waals surface area contributed by atoms with Gasteiger partial charge in [0.15, 0.2) is 0 Å². The van der Waals surface area contributed by atoms with Gasteiger partial charge in [-0.3, -0.25) is 4.98 Å². The van der Waals surface area contributed by atoms with E-state index < -0.39 is 0 Å². The maximum Gasteiger partial charge on any atom is 0.128 e. The number of ether oxygens (including phenoxy) is 1. The summed E-state index contributed by atoms with van der Waals surface area (Å²) in [5.41, 5.74) is 3.40. The van der Waals surface area contributed by atoms with Gasteiger partial charge < -0.3 is 15.0 Å². The van der Waals surface area contributed by atoms with Crippen LogP contribution in [0.4, 0.5) is 0 Å². The van der Waals surface area contributed by atoms with E-state index in [2.05, 4.69) is 36.0 Å². The molecular formula is C17H31N3O. The van der Waals surface area contributed by atoms with Crippen molar-refractivity contribution < 1.29 is 4.74 Å². The minimum Gasteiger partial charge on any atom is -0.496 e. The van der Waals surface area contributed by atoms with Crippen LogP contribution in [0.5, 0.6) is 5.75 Å². The summed E-state index contributed by atoms with van der Waals surface area (Å²) in [5.74, 6) is 0.971. The number of rotatable bonds is 9. The average molecular weight is 293 g/mol. The molecular weight excluding hydrogens is 262 g/mol. The van der Waals surface area contributed by atoms with Gasteiger partial charge in [-0.25, -0.2) is 0 Å². The van der Waals surface area contributed by atoms with Crippen LogP contribution in [0.3, 0.4) is 0 Å². The third kappa shape index (κ3) is 4.97. The van der Waals surface area contributed by atoms with Crippen LogP contribution in [0.1, 0.15) is 37.1 Å². The molecule has 4 nitrogen and oxygen atoms in total. The molecule has 4 heteroatoms. The fourth-order valence-corrected chi connectivity index (χ4v) is 2.74. The number of hydrogen-bond donors (Lipinski definition) is 1. The Balaban J connectivity index is 2.73. The molecule has 0 aliphatic heterocycles. The Morgan fingerprint density at radius 2 is 1.95 bits per heavy atom. The van der Waals surface area contributed by atoms with Crippen molar-refractivity contribution >= 4 is 0 Å². The molecule has 0 radical (unpaired) electrons. The molecule has 0 fully saturated rings. The highest BCUT2D eigenvalue weighted by Gasteiger charge is 2.15. The summed E-state index contributed by atoms with van der Waals surface area (Å²) < 4.78 is 5.50. The lowest BCUT2D eigenvalue weighted by molar-refractivity contribution is 0.282. The first-order valence-corrected chi connectivity index (χ1v) is 7.95. The molecule has 0 amide bonds. The van der Waals surface area contributed by atoms with Crippen molar-refractivity contribution in [3.05, 3.63) is 23.0 Å². The standard InChI is InChI=1S/C17H31N3O/c1-7-20(8-2)10-9-15(18-5)11-16-14(4)17(21-6)13(3)12-19-16/h12,15,18H,7-11H2,1-6H3. The Kier molecular flexibility index (Phi) is 7.68. The van der Waals surface area contributed by atoms with Crippen LogP contribution in [0.2, 0.25) is 0 Å². The molecule has 21 heavy (non-hydrogen) atoms. The minimum atomic E-state index is 0.448. The number of likely N-dealkylation sites (N-methyl/N-ethyl adjacent to an activating group) is 1. The number of aromatic nitrogens is 1. The molecule has 0 bridgehead atoms. The topological polar surface area (TPSA) is 37.4 Å². The van der Waals surface area contributed by atoms with Crippen LogP contribution in [0.25, 0.3) is 0 Å². The maximum absolute atomic E-state index is 5.50. The van der Waals surface area contributed by atoms with E-state index in [9.17, 15) is 0 Å². The van der Waals surface area contributed by atoms with Crippen LogP contribution in [-0.2, 0) is 6.42 Å². The van der Waals surface area contributed by atoms with Crippen molar-refractivity contribution in [1.29, 1.82) is 0 Å². The Bertz CT molecular complexity index is 430.